The molecule has 0 spiro atoms. The third kappa shape index (κ3) is 2.22. The van der Waals surface area contributed by atoms with Crippen LogP contribution in [0.5, 0.6) is 5.75 Å². The minimum Gasteiger partial charge on any atom is -0.486 e. The highest BCUT2D eigenvalue weighted by molar-refractivity contribution is 7.19. The first-order valence-corrected chi connectivity index (χ1v) is 6.65. The Kier molecular flexibility index (Phi) is 2.99. The summed E-state index contributed by atoms with van der Waals surface area (Å²) in [7, 11) is 0. The van der Waals surface area contributed by atoms with Crippen molar-refractivity contribution in [1.29, 1.82) is 0 Å². The van der Waals surface area contributed by atoms with Crippen molar-refractivity contribution in [2.75, 3.05) is 0 Å². The summed E-state index contributed by atoms with van der Waals surface area (Å²) >= 11 is 1.79. The molecule has 0 aliphatic rings. The highest BCUT2D eigenvalue weighted by atomic mass is 32.1. The molecule has 18 heavy (non-hydrogen) atoms. The van der Waals surface area contributed by atoms with E-state index in [0.29, 0.717) is 6.61 Å². The van der Waals surface area contributed by atoms with E-state index in [9.17, 15) is 0 Å². The van der Waals surface area contributed by atoms with Gasteiger partial charge in [-0.3, -0.25) is 4.98 Å². The molecular formula is C15H13NOS. The van der Waals surface area contributed by atoms with E-state index in [1.54, 1.807) is 23.7 Å². The molecule has 3 aromatic rings. The topological polar surface area (TPSA) is 22.1 Å². The van der Waals surface area contributed by atoms with Crippen LogP contribution in [-0.2, 0) is 6.61 Å². The molecule has 0 saturated heterocycles. The summed E-state index contributed by atoms with van der Waals surface area (Å²) in [4.78, 5) is 5.27. The molecular weight excluding hydrogens is 242 g/mol. The first-order valence-electron chi connectivity index (χ1n) is 5.84. The van der Waals surface area contributed by atoms with Gasteiger partial charge in [0.1, 0.15) is 12.4 Å². The molecule has 3 rings (SSSR count). The van der Waals surface area contributed by atoms with Crippen molar-refractivity contribution in [2.24, 2.45) is 0 Å². The lowest BCUT2D eigenvalue weighted by Gasteiger charge is -2.02. The predicted octanol–water partition coefficient (Wildman–Crippen LogP) is 4.18. The van der Waals surface area contributed by atoms with Crippen LogP contribution in [0.3, 0.4) is 0 Å². The fraction of sp³-hybridized carbons (Fsp3) is 0.133. The second-order valence-corrected chi connectivity index (χ2v) is 5.35. The third-order valence-electron chi connectivity index (χ3n) is 2.85. The Labute approximate surface area is 110 Å². The van der Waals surface area contributed by atoms with E-state index in [4.69, 9.17) is 4.74 Å². The summed E-state index contributed by atoms with van der Waals surface area (Å²) < 4.78 is 7.03. The Bertz CT molecular complexity index is 661. The maximum Gasteiger partial charge on any atom is 0.138 e. The molecule has 0 fully saturated rings. The largest absolute Gasteiger partial charge is 0.486 e. The molecule has 2 heterocycles. The number of thiophene rings is 1. The molecule has 0 radical (unpaired) electrons. The number of nitrogens with zero attached hydrogens (tertiary/aromatic N) is 1. The molecule has 0 atom stereocenters. The monoisotopic (exact) mass is 255 g/mol. The summed E-state index contributed by atoms with van der Waals surface area (Å²) in [5.41, 5.74) is 1.32. The molecule has 0 N–H and O–H groups in total. The van der Waals surface area contributed by atoms with Crippen LogP contribution >= 0.6 is 11.3 Å². The van der Waals surface area contributed by atoms with Crippen LogP contribution in [0.2, 0.25) is 0 Å². The van der Waals surface area contributed by atoms with Crippen LogP contribution in [0.25, 0.3) is 10.1 Å². The normalized spacial score (nSPS) is 10.7. The maximum atomic E-state index is 5.71. The lowest BCUT2D eigenvalue weighted by molar-refractivity contribution is 0.308. The zero-order valence-electron chi connectivity index (χ0n) is 10.1. The standard InChI is InChI=1S/C15H13NOS/c1-11-4-2-6-15-14(11)8-13(18-15)10-17-12-5-3-7-16-9-12/h2-9H,10H2,1H3. The van der Waals surface area contributed by atoms with Gasteiger partial charge in [-0.25, -0.2) is 0 Å². The van der Waals surface area contributed by atoms with Gasteiger partial charge in [0.15, 0.2) is 0 Å². The molecule has 0 aliphatic carbocycles. The van der Waals surface area contributed by atoms with Gasteiger partial charge >= 0.3 is 0 Å². The minimum atomic E-state index is 0.602. The van der Waals surface area contributed by atoms with Crippen molar-refractivity contribution in [2.45, 2.75) is 13.5 Å². The van der Waals surface area contributed by atoms with Crippen molar-refractivity contribution < 1.29 is 4.74 Å². The Morgan fingerprint density at radius 1 is 1.22 bits per heavy atom. The highest BCUT2D eigenvalue weighted by Crippen LogP contribution is 2.28. The quantitative estimate of drug-likeness (QED) is 0.700. The lowest BCUT2D eigenvalue weighted by atomic mass is 10.1. The van der Waals surface area contributed by atoms with Crippen molar-refractivity contribution in [3.05, 3.63) is 59.2 Å². The summed E-state index contributed by atoms with van der Waals surface area (Å²) in [6.07, 6.45) is 3.48. The molecule has 0 amide bonds. The number of aryl methyl sites for hydroxylation is 1. The van der Waals surface area contributed by atoms with Crippen molar-refractivity contribution in [3.8, 4) is 5.75 Å². The number of ether oxygens (including phenoxy) is 1. The van der Waals surface area contributed by atoms with Gasteiger partial charge in [0, 0.05) is 15.8 Å². The maximum absolute atomic E-state index is 5.71. The minimum absolute atomic E-state index is 0.602. The van der Waals surface area contributed by atoms with E-state index in [1.807, 2.05) is 12.1 Å². The van der Waals surface area contributed by atoms with Gasteiger partial charge in [-0.1, -0.05) is 12.1 Å². The van der Waals surface area contributed by atoms with Crippen LogP contribution in [0, 0.1) is 6.92 Å². The Balaban J connectivity index is 1.81. The van der Waals surface area contributed by atoms with Gasteiger partial charge < -0.3 is 4.74 Å². The third-order valence-corrected chi connectivity index (χ3v) is 3.92. The molecule has 3 heteroatoms. The molecule has 0 bridgehead atoms. The van der Waals surface area contributed by atoms with Crippen LogP contribution in [0.1, 0.15) is 10.4 Å². The van der Waals surface area contributed by atoms with Crippen molar-refractivity contribution >= 4 is 21.4 Å². The smallest absolute Gasteiger partial charge is 0.138 e. The van der Waals surface area contributed by atoms with Gasteiger partial charge in [0.2, 0.25) is 0 Å². The summed E-state index contributed by atoms with van der Waals surface area (Å²) in [6, 6.07) is 12.4. The van der Waals surface area contributed by atoms with Gasteiger partial charge in [0.05, 0.1) is 6.20 Å². The number of hydrogen-bond acceptors (Lipinski definition) is 3. The van der Waals surface area contributed by atoms with Crippen LogP contribution in [0.4, 0.5) is 0 Å². The highest BCUT2D eigenvalue weighted by Gasteiger charge is 2.04. The average Bonchev–Trinajstić information content (AvgIpc) is 2.82. The molecule has 0 aliphatic heterocycles. The van der Waals surface area contributed by atoms with E-state index >= 15 is 0 Å². The van der Waals surface area contributed by atoms with Gasteiger partial charge in [-0.2, -0.15) is 0 Å². The van der Waals surface area contributed by atoms with Gasteiger partial charge in [-0.05, 0) is 42.1 Å². The molecule has 90 valence electrons. The number of fused-ring (bicyclic) bond motifs is 1. The Morgan fingerprint density at radius 2 is 2.17 bits per heavy atom. The van der Waals surface area contributed by atoms with E-state index in [0.717, 1.165) is 5.75 Å². The number of rotatable bonds is 3. The van der Waals surface area contributed by atoms with Gasteiger partial charge in [-0.15, -0.1) is 11.3 Å². The second-order valence-electron chi connectivity index (χ2n) is 4.18. The Hall–Kier alpha value is -1.87. The van der Waals surface area contributed by atoms with Crippen LogP contribution in [0.15, 0.2) is 48.8 Å². The first-order chi connectivity index (χ1) is 8.83. The molecule has 1 aromatic carbocycles. The van der Waals surface area contributed by atoms with Crippen molar-refractivity contribution in [1.82, 2.24) is 4.98 Å². The number of aromatic nitrogens is 1. The SMILES string of the molecule is Cc1cccc2sc(COc3cccnc3)cc12. The van der Waals surface area contributed by atoms with E-state index < -0.39 is 0 Å². The summed E-state index contributed by atoms with van der Waals surface area (Å²) in [5, 5.41) is 1.33. The molecule has 0 saturated carbocycles. The average molecular weight is 255 g/mol. The zero-order chi connectivity index (χ0) is 12.4. The number of pyridine rings is 1. The molecule has 0 unspecified atom stereocenters. The van der Waals surface area contributed by atoms with Crippen molar-refractivity contribution in [3.63, 3.8) is 0 Å². The summed E-state index contributed by atoms with van der Waals surface area (Å²) in [5.74, 6) is 0.812. The van der Waals surface area contributed by atoms with E-state index in [-0.39, 0.29) is 0 Å². The summed E-state index contributed by atoms with van der Waals surface area (Å²) in [6.45, 7) is 2.74. The molecule has 2 aromatic heterocycles. The lowest BCUT2D eigenvalue weighted by Crippen LogP contribution is -1.92. The Morgan fingerprint density at radius 3 is 2.94 bits per heavy atom. The predicted molar refractivity (Wildman–Crippen MR) is 75.1 cm³/mol. The number of hydrogen-bond donors (Lipinski definition) is 0. The first kappa shape index (κ1) is 11.2. The second kappa shape index (κ2) is 4.78. The van der Waals surface area contributed by atoms with Crippen LogP contribution < -0.4 is 4.74 Å². The fourth-order valence-corrected chi connectivity index (χ4v) is 2.97. The van der Waals surface area contributed by atoms with E-state index in [2.05, 4.69) is 36.2 Å². The zero-order valence-corrected chi connectivity index (χ0v) is 10.9. The molecule has 2 nitrogen and oxygen atoms in total. The number of benzene rings is 1. The van der Waals surface area contributed by atoms with E-state index in [1.165, 1.54) is 20.5 Å². The fourth-order valence-electron chi connectivity index (χ4n) is 1.92. The van der Waals surface area contributed by atoms with Gasteiger partial charge in [0.25, 0.3) is 0 Å². The van der Waals surface area contributed by atoms with Crippen LogP contribution in [-0.4, -0.2) is 4.98 Å².